The van der Waals surface area contributed by atoms with Crippen LogP contribution in [0.25, 0.3) is 5.70 Å². The molecule has 0 aliphatic carbocycles. The number of benzene rings is 2. The SMILES string of the molecule is COc1cccc([C@H]2C=C(c3ccc(Br)cc3)Nc3nc(CCCO)nn32)c1. The standard InChI is InChI=1S/C21H21BrN4O2/c1-28-17-5-2-4-15(12-17)19-13-18(14-7-9-16(22)10-8-14)23-21-24-20(6-3-11-27)25-26(19)21/h2,4-5,7-10,12-13,19,27H,3,6,11H2,1H3,(H,23,24,25)/t19-/m1/s1. The van der Waals surface area contributed by atoms with Gasteiger partial charge in [-0.1, -0.05) is 40.2 Å². The lowest BCUT2D eigenvalue weighted by Crippen LogP contribution is -2.20. The zero-order valence-corrected chi connectivity index (χ0v) is 17.1. The van der Waals surface area contributed by atoms with Crippen LogP contribution < -0.4 is 10.1 Å². The van der Waals surface area contributed by atoms with Crippen LogP contribution in [0.15, 0.2) is 59.1 Å². The van der Waals surface area contributed by atoms with E-state index in [1.807, 2.05) is 35.0 Å². The van der Waals surface area contributed by atoms with Crippen molar-refractivity contribution in [3.8, 4) is 5.75 Å². The van der Waals surface area contributed by atoms with E-state index in [0.29, 0.717) is 18.8 Å². The lowest BCUT2D eigenvalue weighted by molar-refractivity contribution is 0.287. The Hall–Kier alpha value is -2.64. The highest BCUT2D eigenvalue weighted by Crippen LogP contribution is 2.34. The van der Waals surface area contributed by atoms with Crippen molar-refractivity contribution in [1.82, 2.24) is 14.8 Å². The van der Waals surface area contributed by atoms with Crippen molar-refractivity contribution in [2.75, 3.05) is 19.0 Å². The largest absolute Gasteiger partial charge is 0.497 e. The molecule has 0 radical (unpaired) electrons. The first-order chi connectivity index (χ1) is 13.7. The van der Waals surface area contributed by atoms with Crippen LogP contribution in [0.1, 0.15) is 29.4 Å². The van der Waals surface area contributed by atoms with E-state index in [2.05, 4.69) is 55.6 Å². The van der Waals surface area contributed by atoms with Gasteiger partial charge in [-0.25, -0.2) is 4.68 Å². The third kappa shape index (κ3) is 3.81. The maximum Gasteiger partial charge on any atom is 0.226 e. The van der Waals surface area contributed by atoms with Crippen molar-refractivity contribution in [2.24, 2.45) is 0 Å². The third-order valence-electron chi connectivity index (χ3n) is 4.66. The molecule has 1 aliphatic rings. The number of aromatic nitrogens is 3. The van der Waals surface area contributed by atoms with Gasteiger partial charge in [-0.05, 0) is 47.9 Å². The molecule has 1 atom stereocenters. The number of aryl methyl sites for hydroxylation is 1. The van der Waals surface area contributed by atoms with Crippen LogP contribution in [0.3, 0.4) is 0 Å². The zero-order chi connectivity index (χ0) is 19.5. The van der Waals surface area contributed by atoms with Crippen LogP contribution in [0.5, 0.6) is 5.75 Å². The van der Waals surface area contributed by atoms with Gasteiger partial charge in [0.1, 0.15) is 11.8 Å². The summed E-state index contributed by atoms with van der Waals surface area (Å²) >= 11 is 3.49. The molecule has 0 unspecified atom stereocenters. The summed E-state index contributed by atoms with van der Waals surface area (Å²) in [6.07, 6.45) is 3.42. The molecule has 0 spiro atoms. The molecule has 1 aromatic heterocycles. The number of nitrogens with one attached hydrogen (secondary N) is 1. The molecule has 3 aromatic rings. The number of aliphatic hydroxyl groups is 1. The van der Waals surface area contributed by atoms with E-state index >= 15 is 0 Å². The fourth-order valence-electron chi connectivity index (χ4n) is 3.24. The van der Waals surface area contributed by atoms with Crippen molar-refractivity contribution >= 4 is 27.6 Å². The Kier molecular flexibility index (Phi) is 5.45. The van der Waals surface area contributed by atoms with Crippen LogP contribution >= 0.6 is 15.9 Å². The average Bonchev–Trinajstić information content (AvgIpc) is 3.15. The van der Waals surface area contributed by atoms with Gasteiger partial charge in [0.15, 0.2) is 5.82 Å². The van der Waals surface area contributed by atoms with Crippen molar-refractivity contribution < 1.29 is 9.84 Å². The molecule has 0 saturated heterocycles. The highest BCUT2D eigenvalue weighted by molar-refractivity contribution is 9.10. The summed E-state index contributed by atoms with van der Waals surface area (Å²) in [5.41, 5.74) is 3.12. The quantitative estimate of drug-likeness (QED) is 0.605. The Bertz CT molecular complexity index is 998. The Balaban J connectivity index is 1.77. The molecule has 28 heavy (non-hydrogen) atoms. The molecule has 0 saturated carbocycles. The van der Waals surface area contributed by atoms with Crippen LogP contribution in [-0.4, -0.2) is 33.6 Å². The van der Waals surface area contributed by atoms with Crippen LogP contribution in [0.4, 0.5) is 5.95 Å². The first-order valence-corrected chi connectivity index (χ1v) is 9.92. The predicted molar refractivity (Wildman–Crippen MR) is 112 cm³/mol. The number of allylic oxidation sites excluding steroid dienone is 1. The number of hydrogen-bond donors (Lipinski definition) is 2. The van der Waals surface area contributed by atoms with Gasteiger partial charge in [0.2, 0.25) is 5.95 Å². The summed E-state index contributed by atoms with van der Waals surface area (Å²) in [5.74, 6) is 2.22. The molecule has 2 aromatic carbocycles. The molecule has 0 amide bonds. The van der Waals surface area contributed by atoms with Crippen molar-refractivity contribution in [2.45, 2.75) is 18.9 Å². The van der Waals surface area contributed by atoms with E-state index in [1.165, 1.54) is 0 Å². The summed E-state index contributed by atoms with van der Waals surface area (Å²) in [4.78, 5) is 4.65. The second-order valence-electron chi connectivity index (χ2n) is 6.56. The number of nitrogens with zero attached hydrogens (tertiary/aromatic N) is 3. The fraction of sp³-hybridized carbons (Fsp3) is 0.238. The lowest BCUT2D eigenvalue weighted by atomic mass is 10.0. The molecule has 2 heterocycles. The molecule has 6 nitrogen and oxygen atoms in total. The van der Waals surface area contributed by atoms with Crippen LogP contribution in [-0.2, 0) is 6.42 Å². The summed E-state index contributed by atoms with van der Waals surface area (Å²) in [6.45, 7) is 0.124. The summed E-state index contributed by atoms with van der Waals surface area (Å²) < 4.78 is 8.33. The second-order valence-corrected chi connectivity index (χ2v) is 7.47. The molecule has 0 fully saturated rings. The third-order valence-corrected chi connectivity index (χ3v) is 5.19. The van der Waals surface area contributed by atoms with E-state index in [1.54, 1.807) is 7.11 Å². The first-order valence-electron chi connectivity index (χ1n) is 9.13. The van der Waals surface area contributed by atoms with Crippen molar-refractivity contribution in [3.63, 3.8) is 0 Å². The Morgan fingerprint density at radius 1 is 1.21 bits per heavy atom. The highest BCUT2D eigenvalue weighted by Gasteiger charge is 2.25. The molecule has 4 rings (SSSR count). The Morgan fingerprint density at radius 2 is 2.04 bits per heavy atom. The Labute approximate surface area is 172 Å². The monoisotopic (exact) mass is 440 g/mol. The van der Waals surface area contributed by atoms with E-state index in [0.717, 1.165) is 32.9 Å². The van der Waals surface area contributed by atoms with Gasteiger partial charge in [0, 0.05) is 23.2 Å². The number of methoxy groups -OCH3 is 1. The number of rotatable bonds is 6. The number of halogens is 1. The minimum Gasteiger partial charge on any atom is -0.497 e. The van der Waals surface area contributed by atoms with Gasteiger partial charge in [-0.2, -0.15) is 10.1 Å². The average molecular weight is 441 g/mol. The molecule has 0 bridgehead atoms. The molecule has 2 N–H and O–H groups in total. The molecular weight excluding hydrogens is 420 g/mol. The number of hydrogen-bond acceptors (Lipinski definition) is 5. The summed E-state index contributed by atoms with van der Waals surface area (Å²) in [6, 6.07) is 16.0. The van der Waals surface area contributed by atoms with Gasteiger partial charge >= 0.3 is 0 Å². The highest BCUT2D eigenvalue weighted by atomic mass is 79.9. The molecule has 7 heteroatoms. The van der Waals surface area contributed by atoms with E-state index in [-0.39, 0.29) is 12.6 Å². The van der Waals surface area contributed by atoms with E-state index in [4.69, 9.17) is 9.84 Å². The van der Waals surface area contributed by atoms with Crippen LogP contribution in [0, 0.1) is 0 Å². The smallest absolute Gasteiger partial charge is 0.226 e. The van der Waals surface area contributed by atoms with Crippen molar-refractivity contribution in [3.05, 3.63) is 76.0 Å². The van der Waals surface area contributed by atoms with Gasteiger partial charge in [-0.3, -0.25) is 0 Å². The second kappa shape index (κ2) is 8.16. The maximum absolute atomic E-state index is 9.13. The van der Waals surface area contributed by atoms with Gasteiger partial charge in [0.05, 0.1) is 7.11 Å². The predicted octanol–water partition coefficient (Wildman–Crippen LogP) is 4.03. The minimum atomic E-state index is -0.111. The van der Waals surface area contributed by atoms with Gasteiger partial charge in [0.25, 0.3) is 0 Å². The molecule has 144 valence electrons. The normalized spacial score (nSPS) is 15.5. The first kappa shape index (κ1) is 18.7. The van der Waals surface area contributed by atoms with Gasteiger partial charge in [-0.15, -0.1) is 0 Å². The van der Waals surface area contributed by atoms with E-state index < -0.39 is 0 Å². The fourth-order valence-corrected chi connectivity index (χ4v) is 3.51. The van der Waals surface area contributed by atoms with E-state index in [9.17, 15) is 0 Å². The number of anilines is 1. The number of fused-ring (bicyclic) bond motifs is 1. The van der Waals surface area contributed by atoms with Crippen molar-refractivity contribution in [1.29, 1.82) is 0 Å². The Morgan fingerprint density at radius 3 is 2.79 bits per heavy atom. The van der Waals surface area contributed by atoms with Gasteiger partial charge < -0.3 is 15.2 Å². The molecular formula is C21H21BrN4O2. The number of ether oxygens (including phenoxy) is 1. The zero-order valence-electron chi connectivity index (χ0n) is 15.5. The summed E-state index contributed by atoms with van der Waals surface area (Å²) in [7, 11) is 1.67. The maximum atomic E-state index is 9.13. The summed E-state index contributed by atoms with van der Waals surface area (Å²) in [5, 5.41) is 17.2. The topological polar surface area (TPSA) is 72.2 Å². The number of aliphatic hydroxyl groups excluding tert-OH is 1. The lowest BCUT2D eigenvalue weighted by Gasteiger charge is -2.24. The molecule has 1 aliphatic heterocycles. The van der Waals surface area contributed by atoms with Crippen LogP contribution in [0.2, 0.25) is 0 Å². The minimum absolute atomic E-state index is 0.111.